The Morgan fingerprint density at radius 2 is 1.92 bits per heavy atom. The van der Waals surface area contributed by atoms with Gasteiger partial charge in [-0.2, -0.15) is 0 Å². The highest BCUT2D eigenvalue weighted by molar-refractivity contribution is 4.98. The van der Waals surface area contributed by atoms with E-state index in [4.69, 9.17) is 11.5 Å². The Hall–Kier alpha value is -0.340. The minimum Gasteiger partial charge on any atom is -0.316 e. The van der Waals surface area contributed by atoms with Crippen molar-refractivity contribution < 1.29 is 0 Å². The average molecular weight is 170 g/mol. The molecule has 0 heterocycles. The van der Waals surface area contributed by atoms with Gasteiger partial charge in [0.1, 0.15) is 0 Å². The average Bonchev–Trinajstić information content (AvgIpc) is 1.84. The molecular formula is C10H22N2. The van der Waals surface area contributed by atoms with Crippen LogP contribution in [0.4, 0.5) is 0 Å². The smallest absolute Gasteiger partial charge is 0.0523 e. The molecule has 0 spiro atoms. The molecule has 12 heavy (non-hydrogen) atoms. The summed E-state index contributed by atoms with van der Waals surface area (Å²) in [4.78, 5) is 0. The maximum Gasteiger partial charge on any atom is 0.0523 e. The van der Waals surface area contributed by atoms with Gasteiger partial charge in [0.2, 0.25) is 0 Å². The van der Waals surface area contributed by atoms with Crippen LogP contribution in [-0.4, -0.2) is 6.17 Å². The molecule has 0 fully saturated rings. The zero-order valence-corrected chi connectivity index (χ0v) is 8.51. The van der Waals surface area contributed by atoms with Gasteiger partial charge in [-0.15, -0.1) is 0 Å². The van der Waals surface area contributed by atoms with Gasteiger partial charge in [-0.1, -0.05) is 25.5 Å². The topological polar surface area (TPSA) is 52.0 Å². The van der Waals surface area contributed by atoms with Crippen molar-refractivity contribution in [3.05, 3.63) is 11.6 Å². The molecule has 0 amide bonds. The summed E-state index contributed by atoms with van der Waals surface area (Å²) >= 11 is 0. The van der Waals surface area contributed by atoms with Crippen molar-refractivity contribution in [1.29, 1.82) is 0 Å². The molecule has 2 nitrogen and oxygen atoms in total. The van der Waals surface area contributed by atoms with E-state index < -0.39 is 0 Å². The van der Waals surface area contributed by atoms with Crippen LogP contribution in [0.25, 0.3) is 0 Å². The number of hydrogen-bond acceptors (Lipinski definition) is 2. The molecule has 0 bridgehead atoms. The molecule has 0 rings (SSSR count). The van der Waals surface area contributed by atoms with Crippen molar-refractivity contribution in [3.63, 3.8) is 0 Å². The van der Waals surface area contributed by atoms with Crippen molar-refractivity contribution in [2.45, 2.75) is 46.2 Å². The molecule has 2 heteroatoms. The van der Waals surface area contributed by atoms with Crippen LogP contribution >= 0.6 is 0 Å². The monoisotopic (exact) mass is 170 g/mol. The summed E-state index contributed by atoms with van der Waals surface area (Å²) in [6.45, 7) is 6.63. The van der Waals surface area contributed by atoms with Crippen molar-refractivity contribution in [1.82, 2.24) is 0 Å². The van der Waals surface area contributed by atoms with Gasteiger partial charge in [-0.25, -0.2) is 0 Å². The lowest BCUT2D eigenvalue weighted by Gasteiger charge is -2.05. The first-order chi connectivity index (χ1) is 5.52. The standard InChI is InChI=1S/C10H22N2/c1-8(2)7-9(3)5-4-6-10(11)12/h5,8,10H,4,6-7,11-12H2,1-3H3. The van der Waals surface area contributed by atoms with E-state index in [-0.39, 0.29) is 6.17 Å². The first-order valence-electron chi connectivity index (χ1n) is 4.69. The van der Waals surface area contributed by atoms with Crippen molar-refractivity contribution in [2.75, 3.05) is 0 Å². The molecule has 0 radical (unpaired) electrons. The molecule has 0 aromatic rings. The fourth-order valence-corrected chi connectivity index (χ4v) is 1.25. The highest BCUT2D eigenvalue weighted by Crippen LogP contribution is 2.10. The van der Waals surface area contributed by atoms with Crippen LogP contribution in [0.15, 0.2) is 11.6 Å². The Bertz CT molecular complexity index is 137. The lowest BCUT2D eigenvalue weighted by molar-refractivity contribution is 0.626. The second-order valence-electron chi connectivity index (χ2n) is 3.89. The van der Waals surface area contributed by atoms with Gasteiger partial charge in [0.05, 0.1) is 6.17 Å². The van der Waals surface area contributed by atoms with E-state index in [2.05, 4.69) is 26.8 Å². The number of hydrogen-bond donors (Lipinski definition) is 2. The quantitative estimate of drug-likeness (QED) is 0.490. The SMILES string of the molecule is CC(=CCCC(N)N)CC(C)C. The maximum atomic E-state index is 5.43. The second-order valence-corrected chi connectivity index (χ2v) is 3.89. The van der Waals surface area contributed by atoms with Gasteiger partial charge in [0.15, 0.2) is 0 Å². The summed E-state index contributed by atoms with van der Waals surface area (Å²) in [6.07, 6.45) is 5.16. The van der Waals surface area contributed by atoms with Crippen LogP contribution < -0.4 is 11.5 Å². The highest BCUT2D eigenvalue weighted by Gasteiger charge is 1.96. The van der Waals surface area contributed by atoms with Crippen LogP contribution in [0.2, 0.25) is 0 Å². The minimum absolute atomic E-state index is 0.159. The first kappa shape index (κ1) is 11.7. The predicted molar refractivity (Wildman–Crippen MR) is 54.6 cm³/mol. The van der Waals surface area contributed by atoms with Crippen LogP contribution in [0, 0.1) is 5.92 Å². The van der Waals surface area contributed by atoms with Gasteiger partial charge in [0.25, 0.3) is 0 Å². The van der Waals surface area contributed by atoms with Gasteiger partial charge in [-0.3, -0.25) is 0 Å². The van der Waals surface area contributed by atoms with E-state index in [1.54, 1.807) is 0 Å². The van der Waals surface area contributed by atoms with E-state index in [1.165, 1.54) is 12.0 Å². The molecule has 0 aliphatic rings. The third-order valence-electron chi connectivity index (χ3n) is 1.72. The fourth-order valence-electron chi connectivity index (χ4n) is 1.25. The minimum atomic E-state index is -0.159. The molecule has 0 aliphatic carbocycles. The summed E-state index contributed by atoms with van der Waals surface area (Å²) < 4.78 is 0. The molecule has 72 valence electrons. The summed E-state index contributed by atoms with van der Waals surface area (Å²) in [5.41, 5.74) is 12.3. The Kier molecular flexibility index (Phi) is 6.03. The molecule has 0 aromatic heterocycles. The van der Waals surface area contributed by atoms with E-state index >= 15 is 0 Å². The first-order valence-corrected chi connectivity index (χ1v) is 4.69. The van der Waals surface area contributed by atoms with Crippen molar-refractivity contribution >= 4 is 0 Å². The Labute approximate surface area is 76.0 Å². The molecule has 0 saturated heterocycles. The second kappa shape index (κ2) is 6.21. The largest absolute Gasteiger partial charge is 0.316 e. The Morgan fingerprint density at radius 1 is 1.33 bits per heavy atom. The molecule has 4 N–H and O–H groups in total. The van der Waals surface area contributed by atoms with Gasteiger partial charge >= 0.3 is 0 Å². The molecule has 0 unspecified atom stereocenters. The third-order valence-corrected chi connectivity index (χ3v) is 1.72. The molecular weight excluding hydrogens is 148 g/mol. The van der Waals surface area contributed by atoms with Gasteiger partial charge in [-0.05, 0) is 32.1 Å². The van der Waals surface area contributed by atoms with Crippen LogP contribution in [0.3, 0.4) is 0 Å². The summed E-state index contributed by atoms with van der Waals surface area (Å²) in [6, 6.07) is 0. The Balaban J connectivity index is 3.55. The Morgan fingerprint density at radius 3 is 2.33 bits per heavy atom. The van der Waals surface area contributed by atoms with Gasteiger partial charge < -0.3 is 11.5 Å². The van der Waals surface area contributed by atoms with Crippen LogP contribution in [0.5, 0.6) is 0 Å². The molecule has 0 aromatic carbocycles. The number of allylic oxidation sites excluding steroid dienone is 2. The van der Waals surface area contributed by atoms with Crippen molar-refractivity contribution in [2.24, 2.45) is 17.4 Å². The van der Waals surface area contributed by atoms with E-state index in [9.17, 15) is 0 Å². The molecule has 0 atom stereocenters. The number of nitrogens with two attached hydrogens (primary N) is 2. The third kappa shape index (κ3) is 7.76. The lowest BCUT2D eigenvalue weighted by Crippen LogP contribution is -2.29. The summed E-state index contributed by atoms with van der Waals surface area (Å²) in [7, 11) is 0. The number of rotatable bonds is 5. The fraction of sp³-hybridized carbons (Fsp3) is 0.800. The maximum absolute atomic E-state index is 5.43. The summed E-state index contributed by atoms with van der Waals surface area (Å²) in [5.74, 6) is 0.743. The zero-order chi connectivity index (χ0) is 9.56. The molecule has 0 aliphatic heterocycles. The van der Waals surface area contributed by atoms with E-state index in [1.807, 2.05) is 0 Å². The van der Waals surface area contributed by atoms with E-state index in [0.717, 1.165) is 18.8 Å². The van der Waals surface area contributed by atoms with Crippen LogP contribution in [0.1, 0.15) is 40.0 Å². The van der Waals surface area contributed by atoms with Crippen LogP contribution in [-0.2, 0) is 0 Å². The molecule has 0 saturated carbocycles. The van der Waals surface area contributed by atoms with Gasteiger partial charge in [0, 0.05) is 0 Å². The normalized spacial score (nSPS) is 13.1. The highest BCUT2D eigenvalue weighted by atomic mass is 14.8. The lowest BCUT2D eigenvalue weighted by atomic mass is 10.0. The summed E-state index contributed by atoms with van der Waals surface area (Å²) in [5, 5.41) is 0. The van der Waals surface area contributed by atoms with E-state index in [0.29, 0.717) is 0 Å². The van der Waals surface area contributed by atoms with Crippen molar-refractivity contribution in [3.8, 4) is 0 Å². The zero-order valence-electron chi connectivity index (χ0n) is 8.51. The predicted octanol–water partition coefficient (Wildman–Crippen LogP) is 2.00.